The minimum atomic E-state index is -0.145. The molecule has 1 aliphatic rings. The number of imidazole rings is 2. The fraction of sp³-hybridized carbons (Fsp3) is 0.120. The Hall–Kier alpha value is -4.50. The first kappa shape index (κ1) is 20.1. The van der Waals surface area contributed by atoms with E-state index < -0.39 is 0 Å². The third kappa shape index (κ3) is 3.39. The zero-order valence-electron chi connectivity index (χ0n) is 18.3. The third-order valence-electron chi connectivity index (χ3n) is 5.78. The summed E-state index contributed by atoms with van der Waals surface area (Å²) in [6.07, 6.45) is 3.63. The van der Waals surface area contributed by atoms with Gasteiger partial charge >= 0.3 is 0 Å². The Morgan fingerprint density at radius 1 is 0.971 bits per heavy atom. The number of nitrogens with zero attached hydrogens (tertiary/aromatic N) is 6. The van der Waals surface area contributed by atoms with Crippen LogP contribution in [0.3, 0.4) is 0 Å². The van der Waals surface area contributed by atoms with Gasteiger partial charge in [-0.2, -0.15) is 5.10 Å². The molecule has 0 saturated carbocycles. The van der Waals surface area contributed by atoms with Crippen LogP contribution in [0.5, 0.6) is 0 Å². The minimum absolute atomic E-state index is 0.145. The Morgan fingerprint density at radius 3 is 2.38 bits per heavy atom. The third-order valence-corrected chi connectivity index (χ3v) is 5.78. The van der Waals surface area contributed by atoms with Crippen molar-refractivity contribution >= 4 is 23.6 Å². The van der Waals surface area contributed by atoms with E-state index >= 15 is 0 Å². The SMILES string of the molecule is OCc1c(-c2ccccc2)nc2n1ccc1nc(-c3ccccc3)c(/C=N/NC3=NCCN3)n12. The fourth-order valence-electron chi connectivity index (χ4n) is 4.21. The largest absolute Gasteiger partial charge is 0.390 e. The van der Waals surface area contributed by atoms with E-state index in [0.29, 0.717) is 17.4 Å². The number of aliphatic hydroxyl groups is 1. The lowest BCUT2D eigenvalue weighted by Gasteiger charge is -2.04. The van der Waals surface area contributed by atoms with Gasteiger partial charge in [-0.05, 0) is 6.07 Å². The average Bonchev–Trinajstić information content (AvgIpc) is 3.62. The van der Waals surface area contributed by atoms with E-state index in [1.54, 1.807) is 6.21 Å². The number of aliphatic imine (C=N–C) groups is 1. The molecule has 0 unspecified atom stereocenters. The maximum absolute atomic E-state index is 10.2. The number of hydrogen-bond donors (Lipinski definition) is 3. The van der Waals surface area contributed by atoms with Gasteiger partial charge < -0.3 is 10.4 Å². The second-order valence-electron chi connectivity index (χ2n) is 7.85. The molecule has 3 aromatic heterocycles. The molecular formula is C25H22N8O. The van der Waals surface area contributed by atoms with Gasteiger partial charge in [-0.1, -0.05) is 60.7 Å². The standard InChI is InChI=1S/C25H22N8O/c34-16-20-23(18-9-5-2-6-10-18)30-25-32(20)14-11-21-29-22(17-7-3-1-4-8-17)19(33(21)25)15-28-31-24-26-12-13-27-24/h1-11,14-15,34H,12-13,16H2,(H2,26,27,31)/b28-15+. The fourth-order valence-corrected chi connectivity index (χ4v) is 4.21. The summed E-state index contributed by atoms with van der Waals surface area (Å²) in [4.78, 5) is 14.2. The van der Waals surface area contributed by atoms with E-state index in [1.165, 1.54) is 0 Å². The van der Waals surface area contributed by atoms with Crippen molar-refractivity contribution in [1.29, 1.82) is 0 Å². The zero-order chi connectivity index (χ0) is 22.9. The van der Waals surface area contributed by atoms with Crippen LogP contribution in [-0.2, 0) is 6.61 Å². The number of benzene rings is 2. The van der Waals surface area contributed by atoms with Gasteiger partial charge in [0.25, 0.3) is 0 Å². The Kier molecular flexibility index (Phi) is 5.00. The molecule has 34 heavy (non-hydrogen) atoms. The topological polar surface area (TPSA) is 104 Å². The predicted octanol–water partition coefficient (Wildman–Crippen LogP) is 2.69. The zero-order valence-corrected chi connectivity index (χ0v) is 18.3. The monoisotopic (exact) mass is 450 g/mol. The highest BCUT2D eigenvalue weighted by Gasteiger charge is 2.20. The van der Waals surface area contributed by atoms with Crippen molar-refractivity contribution in [3.63, 3.8) is 0 Å². The molecule has 4 heterocycles. The summed E-state index contributed by atoms with van der Waals surface area (Å²) >= 11 is 0. The van der Waals surface area contributed by atoms with Gasteiger partial charge in [0.15, 0.2) is 0 Å². The second kappa shape index (κ2) is 8.45. The number of hydrogen-bond acceptors (Lipinski definition) is 7. The summed E-state index contributed by atoms with van der Waals surface area (Å²) in [7, 11) is 0. The average molecular weight is 451 g/mol. The molecule has 2 aromatic carbocycles. The lowest BCUT2D eigenvalue weighted by atomic mass is 10.1. The molecule has 0 radical (unpaired) electrons. The van der Waals surface area contributed by atoms with E-state index in [1.807, 2.05) is 81.7 Å². The first-order chi connectivity index (χ1) is 16.8. The van der Waals surface area contributed by atoms with Crippen LogP contribution in [-0.4, -0.2) is 49.1 Å². The Morgan fingerprint density at radius 2 is 1.71 bits per heavy atom. The van der Waals surface area contributed by atoms with Gasteiger partial charge in [0.1, 0.15) is 5.65 Å². The Bertz CT molecular complexity index is 1530. The highest BCUT2D eigenvalue weighted by molar-refractivity contribution is 5.91. The highest BCUT2D eigenvalue weighted by atomic mass is 16.3. The molecule has 9 nitrogen and oxygen atoms in total. The predicted molar refractivity (Wildman–Crippen MR) is 132 cm³/mol. The number of aliphatic hydroxyl groups excluding tert-OH is 1. The number of aromatic nitrogens is 4. The molecule has 6 rings (SSSR count). The van der Waals surface area contributed by atoms with Crippen LogP contribution in [0.25, 0.3) is 33.9 Å². The minimum Gasteiger partial charge on any atom is -0.390 e. The number of rotatable bonds is 5. The summed E-state index contributed by atoms with van der Waals surface area (Å²) in [5, 5.41) is 17.8. The van der Waals surface area contributed by atoms with Crippen LogP contribution in [0.1, 0.15) is 11.4 Å². The van der Waals surface area contributed by atoms with Gasteiger partial charge in [0.05, 0.1) is 42.1 Å². The number of hydrazone groups is 1. The smallest absolute Gasteiger partial charge is 0.221 e. The quantitative estimate of drug-likeness (QED) is 0.282. The van der Waals surface area contributed by atoms with E-state index in [2.05, 4.69) is 20.8 Å². The van der Waals surface area contributed by atoms with E-state index in [9.17, 15) is 5.11 Å². The number of fused-ring (bicyclic) bond motifs is 3. The van der Waals surface area contributed by atoms with Crippen LogP contribution in [0.15, 0.2) is 83.0 Å². The summed E-state index contributed by atoms with van der Waals surface area (Å²) in [5.74, 6) is 1.29. The van der Waals surface area contributed by atoms with Crippen molar-refractivity contribution in [3.8, 4) is 22.5 Å². The van der Waals surface area contributed by atoms with Crippen LogP contribution < -0.4 is 10.7 Å². The van der Waals surface area contributed by atoms with Gasteiger partial charge in [-0.3, -0.25) is 8.80 Å². The van der Waals surface area contributed by atoms with Crippen LogP contribution >= 0.6 is 0 Å². The second-order valence-corrected chi connectivity index (χ2v) is 7.85. The van der Waals surface area contributed by atoms with E-state index in [0.717, 1.165) is 46.9 Å². The van der Waals surface area contributed by atoms with Gasteiger partial charge in [0, 0.05) is 23.9 Å². The molecule has 0 bridgehead atoms. The van der Waals surface area contributed by atoms with Crippen molar-refractivity contribution in [2.24, 2.45) is 10.1 Å². The van der Waals surface area contributed by atoms with Crippen LogP contribution in [0, 0.1) is 0 Å². The Labute approximate surface area is 195 Å². The molecule has 5 aromatic rings. The molecule has 1 aliphatic heterocycles. The van der Waals surface area contributed by atoms with Crippen molar-refractivity contribution in [2.45, 2.75) is 6.61 Å². The van der Waals surface area contributed by atoms with E-state index in [4.69, 9.17) is 9.97 Å². The lowest BCUT2D eigenvalue weighted by molar-refractivity contribution is 0.276. The molecule has 3 N–H and O–H groups in total. The van der Waals surface area contributed by atoms with Crippen molar-refractivity contribution < 1.29 is 5.11 Å². The van der Waals surface area contributed by atoms with Gasteiger partial charge in [-0.15, -0.1) is 0 Å². The van der Waals surface area contributed by atoms with Gasteiger partial charge in [-0.25, -0.2) is 20.4 Å². The molecule has 0 amide bonds. The molecule has 168 valence electrons. The van der Waals surface area contributed by atoms with Gasteiger partial charge in [0.2, 0.25) is 11.7 Å². The van der Waals surface area contributed by atoms with Crippen LogP contribution in [0.4, 0.5) is 0 Å². The summed E-state index contributed by atoms with van der Waals surface area (Å²) in [5.41, 5.74) is 8.61. The summed E-state index contributed by atoms with van der Waals surface area (Å²) in [6.45, 7) is 1.38. The van der Waals surface area contributed by atoms with Crippen LogP contribution in [0.2, 0.25) is 0 Å². The molecule has 0 aliphatic carbocycles. The normalized spacial score (nSPS) is 13.6. The maximum atomic E-state index is 10.2. The first-order valence-corrected chi connectivity index (χ1v) is 11.0. The molecule has 0 fully saturated rings. The molecule has 0 spiro atoms. The Balaban J connectivity index is 1.59. The summed E-state index contributed by atoms with van der Waals surface area (Å²) in [6, 6.07) is 21.8. The number of nitrogens with one attached hydrogen (secondary N) is 2. The molecular weight excluding hydrogens is 428 g/mol. The van der Waals surface area contributed by atoms with Crippen molar-refractivity contribution in [3.05, 3.63) is 84.3 Å². The summed E-state index contributed by atoms with van der Waals surface area (Å²) < 4.78 is 3.86. The van der Waals surface area contributed by atoms with Crippen molar-refractivity contribution in [1.82, 2.24) is 29.5 Å². The highest BCUT2D eigenvalue weighted by Crippen LogP contribution is 2.28. The lowest BCUT2D eigenvalue weighted by Crippen LogP contribution is -2.30. The molecule has 9 heteroatoms. The molecule has 0 atom stereocenters. The number of guanidine groups is 1. The molecule has 0 saturated heterocycles. The maximum Gasteiger partial charge on any atom is 0.221 e. The van der Waals surface area contributed by atoms with Crippen molar-refractivity contribution in [2.75, 3.05) is 13.1 Å². The first-order valence-electron chi connectivity index (χ1n) is 11.0. The van der Waals surface area contributed by atoms with E-state index in [-0.39, 0.29) is 6.61 Å².